The third kappa shape index (κ3) is 6.36. The van der Waals surface area contributed by atoms with Crippen LogP contribution in [0.4, 0.5) is 16.2 Å². The van der Waals surface area contributed by atoms with E-state index in [0.29, 0.717) is 29.9 Å². The van der Waals surface area contributed by atoms with Crippen LogP contribution in [0.2, 0.25) is 0 Å². The van der Waals surface area contributed by atoms with Crippen molar-refractivity contribution < 1.29 is 27.9 Å². The first kappa shape index (κ1) is 33.0. The van der Waals surface area contributed by atoms with Crippen LogP contribution in [0, 0.1) is 0 Å². The van der Waals surface area contributed by atoms with Crippen molar-refractivity contribution in [1.29, 1.82) is 0 Å². The minimum Gasteiger partial charge on any atom is -0.444 e. The Morgan fingerprint density at radius 3 is 2.09 bits per heavy atom. The Morgan fingerprint density at radius 1 is 0.915 bits per heavy atom. The Morgan fingerprint density at radius 2 is 1.51 bits per heavy atom. The number of aliphatic hydroxyl groups is 1. The van der Waals surface area contributed by atoms with Crippen LogP contribution in [0.5, 0.6) is 0 Å². The minimum absolute atomic E-state index is 0.0511. The van der Waals surface area contributed by atoms with Crippen LogP contribution in [-0.4, -0.2) is 66.7 Å². The van der Waals surface area contributed by atoms with E-state index in [1.54, 1.807) is 37.8 Å². The van der Waals surface area contributed by atoms with Gasteiger partial charge in [-0.25, -0.2) is 17.9 Å². The van der Waals surface area contributed by atoms with Crippen molar-refractivity contribution in [2.45, 2.75) is 94.6 Å². The van der Waals surface area contributed by atoms with Gasteiger partial charge in [0.15, 0.2) is 5.60 Å². The molecule has 2 N–H and O–H groups in total. The molecule has 3 aliphatic rings. The van der Waals surface area contributed by atoms with E-state index in [-0.39, 0.29) is 29.6 Å². The number of carbonyl (C=O) groups excluding carboxylic acids is 2. The molecule has 0 aliphatic carbocycles. The molecule has 3 aromatic carbocycles. The average Bonchev–Trinajstić information content (AvgIpc) is 3.37. The SMILES string of the molecule is CC(C)(C)NS(=O)(=O)c1ccc(C2(O)C(=O)N(Cc3ccc(N4C5CCC4CN(C(=O)OC(C)(C)C)C5)cc3)c3ccccc32)cc1. The third-order valence-electron chi connectivity index (χ3n) is 8.87. The highest BCUT2D eigenvalue weighted by Crippen LogP contribution is 2.45. The number of nitrogens with one attached hydrogen (secondary N) is 1. The van der Waals surface area contributed by atoms with Crippen molar-refractivity contribution in [2.24, 2.45) is 0 Å². The molecule has 2 bridgehead atoms. The van der Waals surface area contributed by atoms with Gasteiger partial charge in [0.2, 0.25) is 10.0 Å². The molecule has 47 heavy (non-hydrogen) atoms. The number of ether oxygens (including phenoxy) is 1. The second-order valence-electron chi connectivity index (χ2n) is 14.8. The maximum Gasteiger partial charge on any atom is 0.410 e. The Balaban J connectivity index is 1.19. The van der Waals surface area contributed by atoms with Gasteiger partial charge < -0.3 is 24.5 Å². The number of piperazine rings is 1. The van der Waals surface area contributed by atoms with Gasteiger partial charge in [-0.2, -0.15) is 0 Å². The highest BCUT2D eigenvalue weighted by Gasteiger charge is 2.51. The fraction of sp³-hybridized carbons (Fsp3) is 0.444. The van der Waals surface area contributed by atoms with Gasteiger partial charge in [-0.3, -0.25) is 4.79 Å². The van der Waals surface area contributed by atoms with E-state index in [1.807, 2.05) is 49.9 Å². The Bertz CT molecular complexity index is 1770. The predicted molar refractivity (Wildman–Crippen MR) is 181 cm³/mol. The lowest BCUT2D eigenvalue weighted by Gasteiger charge is -2.42. The van der Waals surface area contributed by atoms with Crippen LogP contribution in [0.25, 0.3) is 0 Å². The van der Waals surface area contributed by atoms with Crippen molar-refractivity contribution >= 4 is 33.4 Å². The minimum atomic E-state index is -3.79. The number of benzene rings is 3. The van der Waals surface area contributed by atoms with E-state index in [1.165, 1.54) is 24.3 Å². The van der Waals surface area contributed by atoms with Crippen LogP contribution < -0.4 is 14.5 Å². The number of carbonyl (C=O) groups is 2. The summed E-state index contributed by atoms with van der Waals surface area (Å²) in [7, 11) is -3.79. The Kier molecular flexibility index (Phi) is 8.17. The topological polar surface area (TPSA) is 119 Å². The number of hydrogen-bond donors (Lipinski definition) is 2. The van der Waals surface area contributed by atoms with Crippen molar-refractivity contribution in [3.8, 4) is 0 Å². The maximum atomic E-state index is 14.0. The van der Waals surface area contributed by atoms with Crippen LogP contribution in [0.3, 0.4) is 0 Å². The molecule has 3 aromatic rings. The molecule has 11 heteroatoms. The van der Waals surface area contributed by atoms with Crippen LogP contribution >= 0.6 is 0 Å². The molecule has 0 spiro atoms. The number of nitrogens with zero attached hydrogens (tertiary/aromatic N) is 3. The van der Waals surface area contributed by atoms with Gasteiger partial charge in [0, 0.05) is 42.0 Å². The smallest absolute Gasteiger partial charge is 0.410 e. The van der Waals surface area contributed by atoms with E-state index in [0.717, 1.165) is 24.1 Å². The molecule has 3 aliphatic heterocycles. The van der Waals surface area contributed by atoms with Gasteiger partial charge in [-0.15, -0.1) is 0 Å². The highest BCUT2D eigenvalue weighted by atomic mass is 32.2. The summed E-state index contributed by atoms with van der Waals surface area (Å²) in [6.07, 6.45) is 1.74. The van der Waals surface area contributed by atoms with Crippen molar-refractivity contribution in [1.82, 2.24) is 9.62 Å². The number of likely N-dealkylation sites (tertiary alicyclic amines) is 1. The van der Waals surface area contributed by atoms with E-state index < -0.39 is 32.7 Å². The van der Waals surface area contributed by atoms with Gasteiger partial charge >= 0.3 is 6.09 Å². The van der Waals surface area contributed by atoms with Gasteiger partial charge in [0.05, 0.1) is 17.1 Å². The number of sulfonamides is 1. The highest BCUT2D eigenvalue weighted by molar-refractivity contribution is 7.89. The molecule has 3 atom stereocenters. The van der Waals surface area contributed by atoms with Gasteiger partial charge in [-0.05, 0) is 95.8 Å². The summed E-state index contributed by atoms with van der Waals surface area (Å²) >= 11 is 0. The predicted octanol–water partition coefficient (Wildman–Crippen LogP) is 5.13. The van der Waals surface area contributed by atoms with Gasteiger partial charge in [-0.1, -0.05) is 42.5 Å². The number of fused-ring (bicyclic) bond motifs is 3. The Hall–Kier alpha value is -3.93. The zero-order valence-electron chi connectivity index (χ0n) is 27.9. The molecule has 6 rings (SSSR count). The standard InChI is InChI=1S/C36H44N4O6S/c1-34(2,3)37-47(44,45)29-19-13-25(14-20-29)36(43)30-9-7-8-10-31(30)39(32(36)41)21-24-11-15-26(16-12-24)40-27-17-18-28(40)23-38(22-27)33(42)46-35(4,5)6/h7-16,19-20,27-28,37,43H,17-18,21-23H2,1-6H3. The van der Waals surface area contributed by atoms with Crippen LogP contribution in [-0.2, 0) is 31.7 Å². The second-order valence-corrected chi connectivity index (χ2v) is 16.5. The maximum absolute atomic E-state index is 14.0. The number of hydrogen-bond acceptors (Lipinski definition) is 7. The Labute approximate surface area is 277 Å². The average molecular weight is 661 g/mol. The molecule has 2 saturated heterocycles. The molecule has 250 valence electrons. The van der Waals surface area contributed by atoms with Crippen LogP contribution in [0.1, 0.15) is 71.1 Å². The number of anilines is 2. The lowest BCUT2D eigenvalue weighted by atomic mass is 9.87. The summed E-state index contributed by atoms with van der Waals surface area (Å²) in [6, 6.07) is 21.5. The molecule has 0 saturated carbocycles. The molecule has 10 nitrogen and oxygen atoms in total. The molecule has 0 radical (unpaired) electrons. The van der Waals surface area contributed by atoms with E-state index in [2.05, 4.69) is 21.8 Å². The summed E-state index contributed by atoms with van der Waals surface area (Å²) < 4.78 is 34.0. The van der Waals surface area contributed by atoms with Crippen molar-refractivity contribution in [3.05, 3.63) is 89.5 Å². The lowest BCUT2D eigenvalue weighted by Crippen LogP contribution is -2.56. The summed E-state index contributed by atoms with van der Waals surface area (Å²) in [6.45, 7) is 12.4. The molecule has 0 aromatic heterocycles. The molecule has 2 amide bonds. The lowest BCUT2D eigenvalue weighted by molar-refractivity contribution is -0.132. The van der Waals surface area contributed by atoms with E-state index in [9.17, 15) is 23.1 Å². The third-order valence-corrected chi connectivity index (χ3v) is 10.6. The van der Waals surface area contributed by atoms with Gasteiger partial charge in [0.1, 0.15) is 5.60 Å². The summed E-state index contributed by atoms with van der Waals surface area (Å²) in [5.41, 5.74) is 0.155. The number of amides is 2. The van der Waals surface area contributed by atoms with E-state index >= 15 is 0 Å². The molecular weight excluding hydrogens is 616 g/mol. The fourth-order valence-electron chi connectivity index (χ4n) is 6.96. The largest absolute Gasteiger partial charge is 0.444 e. The van der Waals surface area contributed by atoms with Crippen molar-refractivity contribution in [3.63, 3.8) is 0 Å². The second kappa shape index (κ2) is 11.6. The number of rotatable bonds is 6. The monoisotopic (exact) mass is 660 g/mol. The fourth-order valence-corrected chi connectivity index (χ4v) is 8.38. The number of para-hydroxylation sites is 1. The zero-order valence-corrected chi connectivity index (χ0v) is 28.7. The first-order chi connectivity index (χ1) is 22.0. The molecule has 3 unspecified atom stereocenters. The first-order valence-corrected chi connectivity index (χ1v) is 17.6. The summed E-state index contributed by atoms with van der Waals surface area (Å²) in [4.78, 5) is 32.6. The zero-order chi connectivity index (χ0) is 33.9. The summed E-state index contributed by atoms with van der Waals surface area (Å²) in [5.74, 6) is -0.498. The van der Waals surface area contributed by atoms with Crippen molar-refractivity contribution in [2.75, 3.05) is 22.9 Å². The van der Waals surface area contributed by atoms with Gasteiger partial charge in [0.25, 0.3) is 5.91 Å². The molecule has 3 heterocycles. The normalized spacial score (nSPS) is 22.9. The van der Waals surface area contributed by atoms with Crippen LogP contribution in [0.15, 0.2) is 77.7 Å². The molecular formula is C36H44N4O6S. The van der Waals surface area contributed by atoms with E-state index in [4.69, 9.17) is 4.74 Å². The molecule has 2 fully saturated rings. The quantitative estimate of drug-likeness (QED) is 0.376. The first-order valence-electron chi connectivity index (χ1n) is 16.1. The summed E-state index contributed by atoms with van der Waals surface area (Å²) in [5, 5.41) is 12.0.